The van der Waals surface area contributed by atoms with Gasteiger partial charge in [-0.25, -0.2) is 9.67 Å². The van der Waals surface area contributed by atoms with E-state index in [2.05, 4.69) is 15.4 Å². The molecule has 1 heterocycles. The molecule has 1 amide bonds. The van der Waals surface area contributed by atoms with Gasteiger partial charge >= 0.3 is 0 Å². The van der Waals surface area contributed by atoms with E-state index in [1.165, 1.54) is 0 Å². The normalized spacial score (nSPS) is 16.8. The van der Waals surface area contributed by atoms with Crippen LogP contribution in [-0.4, -0.2) is 31.4 Å². The summed E-state index contributed by atoms with van der Waals surface area (Å²) in [5.41, 5.74) is 0.160. The van der Waals surface area contributed by atoms with Gasteiger partial charge in [-0.15, -0.1) is 5.10 Å². The van der Waals surface area contributed by atoms with Crippen molar-refractivity contribution < 1.29 is 9.90 Å². The number of halogens is 1. The predicted molar refractivity (Wildman–Crippen MR) is 91.9 cm³/mol. The van der Waals surface area contributed by atoms with Crippen molar-refractivity contribution >= 4 is 23.5 Å². The molecule has 0 spiro atoms. The highest BCUT2D eigenvalue weighted by Crippen LogP contribution is 2.30. The zero-order valence-electron chi connectivity index (χ0n) is 13.4. The van der Waals surface area contributed by atoms with Crippen LogP contribution in [0.3, 0.4) is 0 Å². The highest BCUT2D eigenvalue weighted by molar-refractivity contribution is 6.30. The van der Waals surface area contributed by atoms with Gasteiger partial charge in [0.15, 0.2) is 0 Å². The highest BCUT2D eigenvalue weighted by Gasteiger charge is 2.31. The lowest BCUT2D eigenvalue weighted by atomic mass is 9.82. The van der Waals surface area contributed by atoms with Gasteiger partial charge in [0.25, 0.3) is 0 Å². The van der Waals surface area contributed by atoms with Crippen molar-refractivity contribution in [2.75, 3.05) is 5.32 Å². The number of hydrogen-bond donors (Lipinski definition) is 2. The summed E-state index contributed by atoms with van der Waals surface area (Å²) < 4.78 is 1.65. The number of nitrogens with one attached hydrogen (secondary N) is 1. The molecule has 3 rings (SSSR count). The molecule has 1 aromatic heterocycles. The minimum atomic E-state index is -0.881. The summed E-state index contributed by atoms with van der Waals surface area (Å²) >= 11 is 5.86. The number of anilines is 1. The van der Waals surface area contributed by atoms with E-state index >= 15 is 0 Å². The maximum absolute atomic E-state index is 12.1. The fraction of sp³-hybridized carbons (Fsp3) is 0.471. The second kappa shape index (κ2) is 7.32. The molecule has 24 heavy (non-hydrogen) atoms. The van der Waals surface area contributed by atoms with Crippen LogP contribution in [0.5, 0.6) is 0 Å². The van der Waals surface area contributed by atoms with Crippen molar-refractivity contribution in [1.82, 2.24) is 14.8 Å². The molecule has 1 aliphatic carbocycles. The Morgan fingerprint density at radius 2 is 1.96 bits per heavy atom. The molecule has 1 fully saturated rings. The third kappa shape index (κ3) is 4.55. The molecule has 0 atom stereocenters. The minimum Gasteiger partial charge on any atom is -0.389 e. The van der Waals surface area contributed by atoms with Gasteiger partial charge in [0.1, 0.15) is 6.33 Å². The molecule has 1 aromatic carbocycles. The summed E-state index contributed by atoms with van der Waals surface area (Å²) in [6.07, 6.45) is 6.09. The Morgan fingerprint density at radius 1 is 1.25 bits per heavy atom. The molecule has 128 valence electrons. The van der Waals surface area contributed by atoms with Gasteiger partial charge in [0.2, 0.25) is 11.9 Å². The van der Waals surface area contributed by atoms with Crippen LogP contribution in [-0.2, 0) is 11.3 Å². The molecular formula is C17H21ClN4O2. The SMILES string of the molecule is O=C(CC1(O)CCCCC1)Nc1ncn(Cc2ccc(Cl)cc2)n1. The van der Waals surface area contributed by atoms with E-state index < -0.39 is 5.60 Å². The summed E-state index contributed by atoms with van der Waals surface area (Å²) in [6.45, 7) is 0.546. The number of benzene rings is 1. The molecule has 7 heteroatoms. The molecular weight excluding hydrogens is 328 g/mol. The van der Waals surface area contributed by atoms with Crippen molar-refractivity contribution in [2.24, 2.45) is 0 Å². The van der Waals surface area contributed by atoms with E-state index in [-0.39, 0.29) is 18.3 Å². The van der Waals surface area contributed by atoms with Crippen LogP contribution in [0.1, 0.15) is 44.1 Å². The fourth-order valence-electron chi connectivity index (χ4n) is 3.06. The molecule has 0 radical (unpaired) electrons. The summed E-state index contributed by atoms with van der Waals surface area (Å²) in [6, 6.07) is 7.48. The van der Waals surface area contributed by atoms with Crippen molar-refractivity contribution in [3.63, 3.8) is 0 Å². The second-order valence-corrected chi connectivity index (χ2v) is 6.84. The van der Waals surface area contributed by atoms with E-state index in [1.807, 2.05) is 24.3 Å². The molecule has 0 bridgehead atoms. The lowest BCUT2D eigenvalue weighted by Gasteiger charge is -2.31. The van der Waals surface area contributed by atoms with Gasteiger partial charge in [-0.05, 0) is 30.5 Å². The van der Waals surface area contributed by atoms with Crippen LogP contribution in [0.15, 0.2) is 30.6 Å². The lowest BCUT2D eigenvalue weighted by Crippen LogP contribution is -2.36. The number of carbonyl (C=O) groups excluding carboxylic acids is 1. The first-order valence-corrected chi connectivity index (χ1v) is 8.56. The number of aromatic nitrogens is 3. The van der Waals surface area contributed by atoms with Gasteiger partial charge in [0.05, 0.1) is 18.6 Å². The number of hydrogen-bond acceptors (Lipinski definition) is 4. The minimum absolute atomic E-state index is 0.0960. The van der Waals surface area contributed by atoms with E-state index in [4.69, 9.17) is 11.6 Å². The number of rotatable bonds is 5. The molecule has 2 N–H and O–H groups in total. The van der Waals surface area contributed by atoms with Crippen molar-refractivity contribution in [3.05, 3.63) is 41.2 Å². The third-order valence-electron chi connectivity index (χ3n) is 4.32. The Bertz CT molecular complexity index is 693. The van der Waals surface area contributed by atoms with E-state index in [0.717, 1.165) is 24.8 Å². The van der Waals surface area contributed by atoms with E-state index in [1.54, 1.807) is 11.0 Å². The first-order chi connectivity index (χ1) is 11.5. The summed E-state index contributed by atoms with van der Waals surface area (Å²) in [4.78, 5) is 16.2. The Labute approximate surface area is 145 Å². The van der Waals surface area contributed by atoms with Gasteiger partial charge in [-0.2, -0.15) is 0 Å². The first kappa shape index (κ1) is 16.9. The van der Waals surface area contributed by atoms with Crippen LogP contribution in [0.2, 0.25) is 5.02 Å². The molecule has 0 aliphatic heterocycles. The second-order valence-electron chi connectivity index (χ2n) is 6.40. The Balaban J connectivity index is 1.55. The van der Waals surface area contributed by atoms with Crippen molar-refractivity contribution in [1.29, 1.82) is 0 Å². The number of carbonyl (C=O) groups is 1. The molecule has 6 nitrogen and oxygen atoms in total. The van der Waals surface area contributed by atoms with Crippen LogP contribution in [0.25, 0.3) is 0 Å². The summed E-state index contributed by atoms with van der Waals surface area (Å²) in [5.74, 6) is 0.0111. The predicted octanol–water partition coefficient (Wildman–Crippen LogP) is 3.00. The van der Waals surface area contributed by atoms with Gasteiger partial charge in [0, 0.05) is 5.02 Å². The van der Waals surface area contributed by atoms with Crippen LogP contribution in [0.4, 0.5) is 5.95 Å². The average molecular weight is 349 g/mol. The van der Waals surface area contributed by atoms with Crippen molar-refractivity contribution in [2.45, 2.75) is 50.7 Å². The third-order valence-corrected chi connectivity index (χ3v) is 4.57. The van der Waals surface area contributed by atoms with Gasteiger partial charge < -0.3 is 5.11 Å². The zero-order valence-corrected chi connectivity index (χ0v) is 14.2. The Morgan fingerprint density at radius 3 is 2.67 bits per heavy atom. The summed E-state index contributed by atoms with van der Waals surface area (Å²) in [7, 11) is 0. The first-order valence-electron chi connectivity index (χ1n) is 8.19. The molecule has 2 aromatic rings. The molecule has 0 unspecified atom stereocenters. The largest absolute Gasteiger partial charge is 0.389 e. The lowest BCUT2D eigenvalue weighted by molar-refractivity contribution is -0.122. The fourth-order valence-corrected chi connectivity index (χ4v) is 3.19. The smallest absolute Gasteiger partial charge is 0.248 e. The summed E-state index contributed by atoms with van der Waals surface area (Å²) in [5, 5.41) is 18.0. The Hall–Kier alpha value is -1.92. The zero-order chi connectivity index (χ0) is 17.0. The van der Waals surface area contributed by atoms with Crippen LogP contribution in [0, 0.1) is 0 Å². The topological polar surface area (TPSA) is 80.0 Å². The van der Waals surface area contributed by atoms with E-state index in [9.17, 15) is 9.90 Å². The quantitative estimate of drug-likeness (QED) is 0.870. The molecule has 0 saturated heterocycles. The maximum atomic E-state index is 12.1. The van der Waals surface area contributed by atoms with Crippen molar-refractivity contribution in [3.8, 4) is 0 Å². The maximum Gasteiger partial charge on any atom is 0.248 e. The highest BCUT2D eigenvalue weighted by atomic mass is 35.5. The monoisotopic (exact) mass is 348 g/mol. The van der Waals surface area contributed by atoms with Crippen LogP contribution >= 0.6 is 11.6 Å². The molecule has 1 aliphatic rings. The average Bonchev–Trinajstić information content (AvgIpc) is 2.96. The number of nitrogens with zero attached hydrogens (tertiary/aromatic N) is 3. The number of aliphatic hydroxyl groups is 1. The van der Waals surface area contributed by atoms with E-state index in [0.29, 0.717) is 24.4 Å². The number of amides is 1. The van der Waals surface area contributed by atoms with Gasteiger partial charge in [-0.1, -0.05) is 43.0 Å². The standard InChI is InChI=1S/C17H21ClN4O2/c18-14-6-4-13(5-7-14)11-22-12-19-16(21-22)20-15(23)10-17(24)8-2-1-3-9-17/h4-7,12,24H,1-3,8-11H2,(H,20,21,23). The Kier molecular flexibility index (Phi) is 5.16. The van der Waals surface area contributed by atoms with Crippen LogP contribution < -0.4 is 5.32 Å². The van der Waals surface area contributed by atoms with Gasteiger partial charge in [-0.3, -0.25) is 10.1 Å². The molecule has 1 saturated carbocycles.